The molecule has 1 heterocycles. The van der Waals surface area contributed by atoms with Gasteiger partial charge in [0.25, 0.3) is 0 Å². The molecule has 0 spiro atoms. The number of anilines is 1. The molecule has 0 bridgehead atoms. The Labute approximate surface area is 118 Å². The first-order chi connectivity index (χ1) is 9.60. The lowest BCUT2D eigenvalue weighted by molar-refractivity contribution is 0.0690. The summed E-state index contributed by atoms with van der Waals surface area (Å²) in [5.74, 6) is -0.350. The Kier molecular flexibility index (Phi) is 4.35. The largest absolute Gasteiger partial charge is 0.477 e. The van der Waals surface area contributed by atoms with Gasteiger partial charge in [0, 0.05) is 13.6 Å². The summed E-state index contributed by atoms with van der Waals surface area (Å²) in [6.07, 6.45) is 1.03. The normalized spacial score (nSPS) is 10.3. The lowest BCUT2D eigenvalue weighted by atomic mass is 10.1. The molecule has 20 heavy (non-hydrogen) atoms. The highest BCUT2D eigenvalue weighted by Gasteiger charge is 2.08. The second-order valence-corrected chi connectivity index (χ2v) is 4.71. The second-order valence-electron chi connectivity index (χ2n) is 4.71. The quantitative estimate of drug-likeness (QED) is 0.907. The zero-order valence-corrected chi connectivity index (χ0v) is 11.7. The van der Waals surface area contributed by atoms with Crippen molar-refractivity contribution in [2.24, 2.45) is 0 Å². The number of benzene rings is 1. The van der Waals surface area contributed by atoms with E-state index in [2.05, 4.69) is 36.2 Å². The van der Waals surface area contributed by atoms with E-state index in [1.807, 2.05) is 18.0 Å². The smallest absolute Gasteiger partial charge is 0.354 e. The van der Waals surface area contributed by atoms with E-state index in [9.17, 15) is 4.79 Å². The molecule has 1 N–H and O–H groups in total. The molecule has 4 nitrogen and oxygen atoms in total. The van der Waals surface area contributed by atoms with Crippen LogP contribution in [-0.2, 0) is 13.0 Å². The SMILES string of the molecule is CCc1ccc(CN(C)c2cccc(C(=O)O)n2)cc1. The molecular formula is C16H18N2O2. The number of nitrogens with zero attached hydrogens (tertiary/aromatic N) is 2. The first kappa shape index (κ1) is 14.1. The minimum atomic E-state index is -1.01. The number of aromatic carboxylic acids is 1. The van der Waals surface area contributed by atoms with Crippen molar-refractivity contribution in [2.45, 2.75) is 19.9 Å². The molecule has 104 valence electrons. The molecule has 1 aromatic heterocycles. The average Bonchev–Trinajstić information content (AvgIpc) is 2.48. The zero-order valence-electron chi connectivity index (χ0n) is 11.7. The number of rotatable bonds is 5. The molecule has 0 unspecified atom stereocenters. The zero-order chi connectivity index (χ0) is 14.5. The van der Waals surface area contributed by atoms with Crippen LogP contribution in [0.4, 0.5) is 5.82 Å². The average molecular weight is 270 g/mol. The monoisotopic (exact) mass is 270 g/mol. The Hall–Kier alpha value is -2.36. The van der Waals surface area contributed by atoms with Gasteiger partial charge in [-0.3, -0.25) is 0 Å². The van der Waals surface area contributed by atoms with Crippen molar-refractivity contribution < 1.29 is 9.90 Å². The number of carbonyl (C=O) groups is 1. The third kappa shape index (κ3) is 3.35. The maximum atomic E-state index is 10.9. The van der Waals surface area contributed by atoms with Crippen LogP contribution in [0.25, 0.3) is 0 Å². The van der Waals surface area contributed by atoms with Gasteiger partial charge in [-0.1, -0.05) is 37.3 Å². The van der Waals surface area contributed by atoms with E-state index in [4.69, 9.17) is 5.11 Å². The lowest BCUT2D eigenvalue weighted by Crippen LogP contribution is -2.18. The van der Waals surface area contributed by atoms with Crippen LogP contribution < -0.4 is 4.90 Å². The van der Waals surface area contributed by atoms with Crippen LogP contribution in [0.3, 0.4) is 0 Å². The van der Waals surface area contributed by atoms with Crippen molar-refractivity contribution in [1.29, 1.82) is 0 Å². The van der Waals surface area contributed by atoms with Gasteiger partial charge in [-0.05, 0) is 29.7 Å². The third-order valence-electron chi connectivity index (χ3n) is 3.20. The summed E-state index contributed by atoms with van der Waals surface area (Å²) >= 11 is 0. The van der Waals surface area contributed by atoms with Gasteiger partial charge in [-0.2, -0.15) is 0 Å². The fourth-order valence-electron chi connectivity index (χ4n) is 1.99. The van der Waals surface area contributed by atoms with E-state index < -0.39 is 5.97 Å². The third-order valence-corrected chi connectivity index (χ3v) is 3.20. The summed E-state index contributed by atoms with van der Waals surface area (Å²) in [6.45, 7) is 2.82. The summed E-state index contributed by atoms with van der Waals surface area (Å²) in [6, 6.07) is 13.4. The highest BCUT2D eigenvalue weighted by atomic mass is 16.4. The fourth-order valence-corrected chi connectivity index (χ4v) is 1.99. The Morgan fingerprint density at radius 1 is 1.15 bits per heavy atom. The van der Waals surface area contributed by atoms with E-state index >= 15 is 0 Å². The molecule has 4 heteroatoms. The number of carboxylic acid groups (broad SMARTS) is 1. The van der Waals surface area contributed by atoms with Crippen LogP contribution in [0.15, 0.2) is 42.5 Å². The van der Waals surface area contributed by atoms with Crippen LogP contribution in [0.1, 0.15) is 28.5 Å². The van der Waals surface area contributed by atoms with Crippen LogP contribution in [0.5, 0.6) is 0 Å². The van der Waals surface area contributed by atoms with Crippen molar-refractivity contribution in [1.82, 2.24) is 4.98 Å². The van der Waals surface area contributed by atoms with Crippen molar-refractivity contribution in [3.8, 4) is 0 Å². The molecule has 1 aromatic carbocycles. The molecule has 0 atom stereocenters. The van der Waals surface area contributed by atoms with Gasteiger partial charge >= 0.3 is 5.97 Å². The molecule has 0 aliphatic heterocycles. The first-order valence-corrected chi connectivity index (χ1v) is 6.59. The summed E-state index contributed by atoms with van der Waals surface area (Å²) in [7, 11) is 1.90. The van der Waals surface area contributed by atoms with Crippen molar-refractivity contribution in [2.75, 3.05) is 11.9 Å². The van der Waals surface area contributed by atoms with Gasteiger partial charge in [-0.25, -0.2) is 9.78 Å². The summed E-state index contributed by atoms with van der Waals surface area (Å²) < 4.78 is 0. The predicted molar refractivity (Wildman–Crippen MR) is 79.1 cm³/mol. The fraction of sp³-hybridized carbons (Fsp3) is 0.250. The molecule has 2 aromatic rings. The van der Waals surface area contributed by atoms with Crippen molar-refractivity contribution in [3.63, 3.8) is 0 Å². The summed E-state index contributed by atoms with van der Waals surface area (Å²) in [4.78, 5) is 17.0. The minimum absolute atomic E-state index is 0.0654. The van der Waals surface area contributed by atoms with E-state index in [-0.39, 0.29) is 5.69 Å². The van der Waals surface area contributed by atoms with E-state index in [1.165, 1.54) is 17.2 Å². The maximum absolute atomic E-state index is 10.9. The molecular weight excluding hydrogens is 252 g/mol. The lowest BCUT2D eigenvalue weighted by Gasteiger charge is -2.18. The van der Waals surface area contributed by atoms with E-state index in [0.717, 1.165) is 6.42 Å². The standard InChI is InChI=1S/C16H18N2O2/c1-3-12-7-9-13(10-8-12)11-18(2)15-6-4-5-14(17-15)16(19)20/h4-10H,3,11H2,1-2H3,(H,19,20). The molecule has 0 aliphatic rings. The Morgan fingerprint density at radius 2 is 1.80 bits per heavy atom. The van der Waals surface area contributed by atoms with Crippen molar-refractivity contribution >= 4 is 11.8 Å². The van der Waals surface area contributed by atoms with Crippen LogP contribution in [0, 0.1) is 0 Å². The Bertz CT molecular complexity index is 594. The number of hydrogen-bond acceptors (Lipinski definition) is 3. The molecule has 0 saturated carbocycles. The minimum Gasteiger partial charge on any atom is -0.477 e. The van der Waals surface area contributed by atoms with Gasteiger partial charge in [0.05, 0.1) is 0 Å². The first-order valence-electron chi connectivity index (χ1n) is 6.59. The molecule has 0 fully saturated rings. The van der Waals surface area contributed by atoms with Crippen LogP contribution in [0.2, 0.25) is 0 Å². The number of aryl methyl sites for hydroxylation is 1. The van der Waals surface area contributed by atoms with Gasteiger partial charge in [-0.15, -0.1) is 0 Å². The molecule has 0 amide bonds. The summed E-state index contributed by atoms with van der Waals surface area (Å²) in [5.41, 5.74) is 2.55. The van der Waals surface area contributed by atoms with Gasteiger partial charge in [0.2, 0.25) is 0 Å². The molecule has 0 radical (unpaired) electrons. The number of carboxylic acids is 1. The van der Waals surface area contributed by atoms with Crippen molar-refractivity contribution in [3.05, 3.63) is 59.3 Å². The highest BCUT2D eigenvalue weighted by Crippen LogP contribution is 2.14. The summed E-state index contributed by atoms with van der Waals surface area (Å²) in [5, 5.41) is 8.96. The Balaban J connectivity index is 2.12. The number of aromatic nitrogens is 1. The molecule has 0 aliphatic carbocycles. The van der Waals surface area contributed by atoms with E-state index in [0.29, 0.717) is 12.4 Å². The van der Waals surface area contributed by atoms with E-state index in [1.54, 1.807) is 6.07 Å². The number of pyridine rings is 1. The second kappa shape index (κ2) is 6.19. The Morgan fingerprint density at radius 3 is 2.40 bits per heavy atom. The molecule has 2 rings (SSSR count). The van der Waals surface area contributed by atoms with Gasteiger partial charge in [0.15, 0.2) is 5.69 Å². The van der Waals surface area contributed by atoms with Crippen LogP contribution >= 0.6 is 0 Å². The maximum Gasteiger partial charge on any atom is 0.354 e. The predicted octanol–water partition coefficient (Wildman–Crippen LogP) is 2.98. The van der Waals surface area contributed by atoms with Gasteiger partial charge < -0.3 is 10.0 Å². The highest BCUT2D eigenvalue weighted by molar-refractivity contribution is 5.85. The number of hydrogen-bond donors (Lipinski definition) is 1. The topological polar surface area (TPSA) is 53.4 Å². The van der Waals surface area contributed by atoms with Gasteiger partial charge in [0.1, 0.15) is 5.82 Å². The van der Waals surface area contributed by atoms with Crippen LogP contribution in [-0.4, -0.2) is 23.1 Å². The molecule has 0 saturated heterocycles.